The first-order chi connectivity index (χ1) is 6.91. The summed E-state index contributed by atoms with van der Waals surface area (Å²) in [6.45, 7) is 3.35. The largest absolute Gasteiger partial charge is 0.491 e. The van der Waals surface area contributed by atoms with Crippen molar-refractivity contribution >= 4 is 12.6 Å². The van der Waals surface area contributed by atoms with Crippen LogP contribution in [0.15, 0.2) is 12.1 Å². The van der Waals surface area contributed by atoms with Crippen molar-refractivity contribution in [2.24, 2.45) is 0 Å². The lowest BCUT2D eigenvalue weighted by atomic mass is 9.80. The standard InChI is InChI=1S/C9H11BF2O3/c1-5(2)15-9-4-7(11)6(10(13)14)3-8(9)12/h3-5,13-14H,1-2H3. The molecule has 0 aliphatic rings. The Morgan fingerprint density at radius 3 is 2.27 bits per heavy atom. The molecule has 0 aromatic heterocycles. The molecule has 0 spiro atoms. The van der Waals surface area contributed by atoms with Gasteiger partial charge >= 0.3 is 7.12 Å². The Morgan fingerprint density at radius 1 is 1.20 bits per heavy atom. The highest BCUT2D eigenvalue weighted by molar-refractivity contribution is 6.58. The van der Waals surface area contributed by atoms with Crippen molar-refractivity contribution in [1.82, 2.24) is 0 Å². The molecule has 0 unspecified atom stereocenters. The van der Waals surface area contributed by atoms with Crippen LogP contribution in [0.3, 0.4) is 0 Å². The molecule has 0 bridgehead atoms. The molecule has 2 N–H and O–H groups in total. The van der Waals surface area contributed by atoms with Crippen LogP contribution in [0.5, 0.6) is 5.75 Å². The van der Waals surface area contributed by atoms with E-state index < -0.39 is 24.2 Å². The van der Waals surface area contributed by atoms with E-state index in [1.165, 1.54) is 0 Å². The Bertz CT molecular complexity index is 355. The fourth-order valence-electron chi connectivity index (χ4n) is 1.09. The van der Waals surface area contributed by atoms with Gasteiger partial charge in [-0.1, -0.05) is 0 Å². The van der Waals surface area contributed by atoms with E-state index in [2.05, 4.69) is 0 Å². The maximum Gasteiger partial charge on any atom is 0.491 e. The van der Waals surface area contributed by atoms with Crippen LogP contribution in [0.1, 0.15) is 13.8 Å². The summed E-state index contributed by atoms with van der Waals surface area (Å²) < 4.78 is 31.4. The second-order valence-corrected chi connectivity index (χ2v) is 3.34. The van der Waals surface area contributed by atoms with Crippen molar-refractivity contribution in [3.8, 4) is 5.75 Å². The average molecular weight is 216 g/mol. The van der Waals surface area contributed by atoms with Gasteiger partial charge in [0.25, 0.3) is 0 Å². The highest BCUT2D eigenvalue weighted by atomic mass is 19.1. The molecule has 3 nitrogen and oxygen atoms in total. The van der Waals surface area contributed by atoms with Gasteiger partial charge in [-0.15, -0.1) is 0 Å². The predicted octanol–water partition coefficient (Wildman–Crippen LogP) is 0.432. The molecule has 0 aliphatic carbocycles. The van der Waals surface area contributed by atoms with Crippen LogP contribution < -0.4 is 10.2 Å². The van der Waals surface area contributed by atoms with E-state index in [1.54, 1.807) is 13.8 Å². The third-order valence-corrected chi connectivity index (χ3v) is 1.69. The molecule has 1 aromatic carbocycles. The Balaban J connectivity index is 3.08. The maximum atomic E-state index is 13.2. The van der Waals surface area contributed by atoms with Crippen LogP contribution >= 0.6 is 0 Å². The lowest BCUT2D eigenvalue weighted by Gasteiger charge is -2.12. The van der Waals surface area contributed by atoms with Gasteiger partial charge in [0.1, 0.15) is 5.82 Å². The fraction of sp³-hybridized carbons (Fsp3) is 0.333. The zero-order chi connectivity index (χ0) is 11.6. The first-order valence-corrected chi connectivity index (χ1v) is 4.43. The lowest BCUT2D eigenvalue weighted by molar-refractivity contribution is 0.230. The van der Waals surface area contributed by atoms with Crippen molar-refractivity contribution < 1.29 is 23.6 Å². The molecule has 0 fully saturated rings. The summed E-state index contributed by atoms with van der Waals surface area (Å²) in [6, 6.07) is 1.50. The van der Waals surface area contributed by atoms with E-state index in [1.807, 2.05) is 0 Å². The van der Waals surface area contributed by atoms with Crippen LogP contribution in [0.25, 0.3) is 0 Å². The molecule has 0 heterocycles. The fourth-order valence-corrected chi connectivity index (χ4v) is 1.09. The van der Waals surface area contributed by atoms with Gasteiger partial charge in [-0.25, -0.2) is 8.78 Å². The summed E-state index contributed by atoms with van der Waals surface area (Å²) in [4.78, 5) is 0. The van der Waals surface area contributed by atoms with Gasteiger partial charge in [0.05, 0.1) is 6.10 Å². The number of ether oxygens (including phenoxy) is 1. The highest BCUT2D eigenvalue weighted by Crippen LogP contribution is 2.18. The summed E-state index contributed by atoms with van der Waals surface area (Å²) in [6.07, 6.45) is -0.288. The normalized spacial score (nSPS) is 10.6. The van der Waals surface area contributed by atoms with Gasteiger partial charge in [-0.3, -0.25) is 0 Å². The second kappa shape index (κ2) is 4.59. The molecule has 0 aliphatic heterocycles. The molecule has 15 heavy (non-hydrogen) atoms. The maximum absolute atomic E-state index is 13.2. The highest BCUT2D eigenvalue weighted by Gasteiger charge is 2.20. The van der Waals surface area contributed by atoms with Gasteiger partial charge in [0.15, 0.2) is 11.6 Å². The molecular weight excluding hydrogens is 205 g/mol. The average Bonchev–Trinajstić information content (AvgIpc) is 2.09. The molecule has 0 radical (unpaired) electrons. The Kier molecular flexibility index (Phi) is 3.65. The van der Waals surface area contributed by atoms with Crippen molar-refractivity contribution in [3.63, 3.8) is 0 Å². The number of rotatable bonds is 3. The van der Waals surface area contributed by atoms with Crippen LogP contribution in [-0.2, 0) is 0 Å². The van der Waals surface area contributed by atoms with Crippen molar-refractivity contribution in [1.29, 1.82) is 0 Å². The number of hydrogen-bond donors (Lipinski definition) is 2. The molecule has 0 atom stereocenters. The third-order valence-electron chi connectivity index (χ3n) is 1.69. The van der Waals surface area contributed by atoms with Crippen molar-refractivity contribution in [3.05, 3.63) is 23.8 Å². The minimum absolute atomic E-state index is 0.244. The third kappa shape index (κ3) is 2.90. The number of hydrogen-bond acceptors (Lipinski definition) is 3. The number of benzene rings is 1. The topological polar surface area (TPSA) is 49.7 Å². The zero-order valence-electron chi connectivity index (χ0n) is 8.37. The van der Waals surface area contributed by atoms with Crippen molar-refractivity contribution in [2.75, 3.05) is 0 Å². The monoisotopic (exact) mass is 216 g/mol. The molecule has 1 aromatic rings. The summed E-state index contributed by atoms with van der Waals surface area (Å²) in [5.74, 6) is -1.98. The zero-order valence-corrected chi connectivity index (χ0v) is 8.37. The quantitative estimate of drug-likeness (QED) is 0.720. The van der Waals surface area contributed by atoms with Crippen LogP contribution in [0, 0.1) is 11.6 Å². The second-order valence-electron chi connectivity index (χ2n) is 3.34. The first kappa shape index (κ1) is 11.9. The molecule has 0 saturated heterocycles. The summed E-state index contributed by atoms with van der Waals surface area (Å²) >= 11 is 0. The number of halogens is 2. The molecule has 0 saturated carbocycles. The summed E-state index contributed by atoms with van der Waals surface area (Å²) in [5.41, 5.74) is -0.511. The van der Waals surface area contributed by atoms with Crippen LogP contribution in [0.4, 0.5) is 8.78 Å². The van der Waals surface area contributed by atoms with Gasteiger partial charge in [-0.2, -0.15) is 0 Å². The molecule has 82 valence electrons. The van der Waals surface area contributed by atoms with E-state index in [9.17, 15) is 8.78 Å². The van der Waals surface area contributed by atoms with Gasteiger partial charge in [0, 0.05) is 11.5 Å². The van der Waals surface area contributed by atoms with Gasteiger partial charge in [-0.05, 0) is 19.9 Å². The molecular formula is C9H11BF2O3. The van der Waals surface area contributed by atoms with E-state index in [-0.39, 0.29) is 11.9 Å². The van der Waals surface area contributed by atoms with E-state index in [0.717, 1.165) is 6.07 Å². The Morgan fingerprint density at radius 2 is 1.80 bits per heavy atom. The molecule has 1 rings (SSSR count). The SMILES string of the molecule is CC(C)Oc1cc(F)c(B(O)O)cc1F. The molecule has 0 amide bonds. The van der Waals surface area contributed by atoms with E-state index >= 15 is 0 Å². The Labute approximate surface area is 86.5 Å². The predicted molar refractivity (Wildman–Crippen MR) is 51.9 cm³/mol. The summed E-state index contributed by atoms with van der Waals surface area (Å²) in [5, 5.41) is 17.4. The smallest absolute Gasteiger partial charge is 0.488 e. The van der Waals surface area contributed by atoms with E-state index in [4.69, 9.17) is 14.8 Å². The first-order valence-electron chi connectivity index (χ1n) is 4.43. The lowest BCUT2D eigenvalue weighted by Crippen LogP contribution is -2.33. The molecule has 6 heteroatoms. The van der Waals surface area contributed by atoms with Gasteiger partial charge < -0.3 is 14.8 Å². The minimum Gasteiger partial charge on any atom is -0.488 e. The Hall–Kier alpha value is -1.14. The van der Waals surface area contributed by atoms with Crippen molar-refractivity contribution in [2.45, 2.75) is 20.0 Å². The van der Waals surface area contributed by atoms with Gasteiger partial charge in [0.2, 0.25) is 0 Å². The van der Waals surface area contributed by atoms with Crippen LogP contribution in [0.2, 0.25) is 0 Å². The minimum atomic E-state index is -2.03. The summed E-state index contributed by atoms with van der Waals surface area (Å²) in [7, 11) is -2.03. The van der Waals surface area contributed by atoms with Crippen LogP contribution in [-0.4, -0.2) is 23.3 Å². The van der Waals surface area contributed by atoms with E-state index in [0.29, 0.717) is 6.07 Å².